The molecule has 3 amide bonds. The predicted molar refractivity (Wildman–Crippen MR) is 143 cm³/mol. The summed E-state index contributed by atoms with van der Waals surface area (Å²) in [6, 6.07) is 18.5. The number of nitrogens with one attached hydrogen (secondary N) is 3. The molecule has 1 aliphatic heterocycles. The minimum absolute atomic E-state index is 0.0910. The summed E-state index contributed by atoms with van der Waals surface area (Å²) in [4.78, 5) is 51.2. The zero-order valence-corrected chi connectivity index (χ0v) is 21.2. The lowest BCUT2D eigenvalue weighted by atomic mass is 9.81. The van der Waals surface area contributed by atoms with Crippen molar-refractivity contribution in [1.82, 2.24) is 16.2 Å². The Bertz CT molecular complexity index is 1360. The number of rotatable bonds is 5. The fraction of sp³-hybridized carbons (Fsp3) is 0.310. The van der Waals surface area contributed by atoms with E-state index in [1.807, 2.05) is 36.4 Å². The highest BCUT2D eigenvalue weighted by Gasteiger charge is 2.28. The van der Waals surface area contributed by atoms with Gasteiger partial charge >= 0.3 is 0 Å². The number of hydrogen-bond donors (Lipinski definition) is 3. The number of hydrogen-bond acceptors (Lipinski definition) is 5. The van der Waals surface area contributed by atoms with Crippen molar-refractivity contribution in [3.8, 4) is 0 Å². The number of amides is 3. The summed E-state index contributed by atoms with van der Waals surface area (Å²) in [7, 11) is 0. The van der Waals surface area contributed by atoms with E-state index in [4.69, 9.17) is 0 Å². The molecule has 7 nitrogen and oxygen atoms in total. The van der Waals surface area contributed by atoms with Crippen LogP contribution in [0.25, 0.3) is 10.8 Å². The van der Waals surface area contributed by atoms with E-state index in [1.165, 1.54) is 0 Å². The van der Waals surface area contributed by atoms with Crippen molar-refractivity contribution in [2.75, 3.05) is 12.3 Å². The Morgan fingerprint density at radius 1 is 0.811 bits per heavy atom. The lowest BCUT2D eigenvalue weighted by molar-refractivity contribution is -0.127. The van der Waals surface area contributed by atoms with Gasteiger partial charge in [-0.15, -0.1) is 11.8 Å². The zero-order chi connectivity index (χ0) is 25.8. The number of benzene rings is 3. The molecule has 0 aromatic heterocycles. The fourth-order valence-electron chi connectivity index (χ4n) is 5.14. The van der Waals surface area contributed by atoms with Gasteiger partial charge in [-0.2, -0.15) is 0 Å². The highest BCUT2D eigenvalue weighted by molar-refractivity contribution is 7.99. The minimum Gasteiger partial charge on any atom is -0.352 e. The van der Waals surface area contributed by atoms with Gasteiger partial charge in [0.15, 0.2) is 5.78 Å². The molecule has 8 heteroatoms. The molecule has 1 heterocycles. The monoisotopic (exact) mass is 515 g/mol. The largest absolute Gasteiger partial charge is 0.352 e. The van der Waals surface area contributed by atoms with Crippen LogP contribution in [-0.4, -0.2) is 35.8 Å². The molecule has 3 N–H and O–H groups in total. The number of fused-ring (bicyclic) bond motifs is 2. The average Bonchev–Trinajstić information content (AvgIpc) is 2.94. The van der Waals surface area contributed by atoms with Crippen LogP contribution < -0.4 is 16.2 Å². The van der Waals surface area contributed by atoms with Gasteiger partial charge in [0.25, 0.3) is 11.8 Å². The van der Waals surface area contributed by atoms with E-state index >= 15 is 0 Å². The first-order valence-electron chi connectivity index (χ1n) is 12.7. The van der Waals surface area contributed by atoms with Crippen molar-refractivity contribution in [3.05, 3.63) is 77.4 Å². The molecule has 37 heavy (non-hydrogen) atoms. The topological polar surface area (TPSA) is 104 Å². The Hall–Kier alpha value is -3.65. The van der Waals surface area contributed by atoms with E-state index in [9.17, 15) is 19.2 Å². The second kappa shape index (κ2) is 11.2. The third-order valence-electron chi connectivity index (χ3n) is 7.24. The number of carbonyl (C=O) groups is 4. The standard InChI is InChI=1S/C29H29N3O4S/c33-25-15-16-37-26-23(25)9-4-10-24(26)28(35)30-17-18-11-13-20(14-12-18)27(34)31-32-29(36)22-8-3-6-19-5-1-2-7-21(19)22/h1-10,18,20H,11-17H2,(H,30,35)(H,31,34)(H,32,36). The van der Waals surface area contributed by atoms with Crippen LogP contribution in [0.5, 0.6) is 0 Å². The van der Waals surface area contributed by atoms with Crippen molar-refractivity contribution < 1.29 is 19.2 Å². The molecule has 2 aliphatic rings. The first kappa shape index (κ1) is 25.0. The van der Waals surface area contributed by atoms with Crippen LogP contribution >= 0.6 is 11.8 Å². The summed E-state index contributed by atoms with van der Waals surface area (Å²) in [5.41, 5.74) is 6.88. The molecule has 0 saturated heterocycles. The van der Waals surface area contributed by atoms with Crippen LogP contribution in [0.1, 0.15) is 63.2 Å². The van der Waals surface area contributed by atoms with Crippen LogP contribution in [0.4, 0.5) is 0 Å². The maximum atomic E-state index is 12.8. The molecule has 0 atom stereocenters. The van der Waals surface area contributed by atoms with Gasteiger partial charge in [0.1, 0.15) is 0 Å². The van der Waals surface area contributed by atoms with Gasteiger partial charge in [-0.25, -0.2) is 0 Å². The Kier molecular flexibility index (Phi) is 7.55. The van der Waals surface area contributed by atoms with Crippen molar-refractivity contribution in [3.63, 3.8) is 0 Å². The van der Waals surface area contributed by atoms with Crippen LogP contribution in [0, 0.1) is 11.8 Å². The quantitative estimate of drug-likeness (QED) is 0.434. The maximum absolute atomic E-state index is 12.8. The van der Waals surface area contributed by atoms with E-state index in [1.54, 1.807) is 36.0 Å². The third kappa shape index (κ3) is 5.54. The molecule has 5 rings (SSSR count). The Labute approximate surface area is 219 Å². The Morgan fingerprint density at radius 3 is 2.38 bits per heavy atom. The highest BCUT2D eigenvalue weighted by Crippen LogP contribution is 2.33. The second-order valence-electron chi connectivity index (χ2n) is 9.60. The molecule has 0 spiro atoms. The van der Waals surface area contributed by atoms with Gasteiger partial charge in [0, 0.05) is 40.7 Å². The molecule has 1 aliphatic carbocycles. The molecule has 0 bridgehead atoms. The zero-order valence-electron chi connectivity index (χ0n) is 20.4. The van der Waals surface area contributed by atoms with E-state index in [0.29, 0.717) is 48.3 Å². The number of carbonyl (C=O) groups excluding carboxylic acids is 4. The van der Waals surface area contributed by atoms with Crippen LogP contribution in [0.15, 0.2) is 65.6 Å². The average molecular weight is 516 g/mol. The SMILES string of the molecule is O=C1CCSc2c1cccc2C(=O)NCC1CCC(C(=O)NNC(=O)c2cccc3ccccc23)CC1. The summed E-state index contributed by atoms with van der Waals surface area (Å²) in [5, 5.41) is 4.83. The molecule has 3 aromatic rings. The minimum atomic E-state index is -0.343. The second-order valence-corrected chi connectivity index (χ2v) is 10.7. The van der Waals surface area contributed by atoms with Gasteiger partial charge < -0.3 is 5.32 Å². The van der Waals surface area contributed by atoms with E-state index in [0.717, 1.165) is 28.5 Å². The van der Waals surface area contributed by atoms with Gasteiger partial charge in [-0.1, -0.05) is 48.5 Å². The molecular formula is C29H29N3O4S. The predicted octanol–water partition coefficient (Wildman–Crippen LogP) is 4.52. The lowest BCUT2D eigenvalue weighted by Crippen LogP contribution is -2.45. The third-order valence-corrected chi connectivity index (χ3v) is 8.37. The van der Waals surface area contributed by atoms with Gasteiger partial charge in [0.2, 0.25) is 5.91 Å². The number of ketones is 1. The molecule has 1 fully saturated rings. The number of thioether (sulfide) groups is 1. The fourth-order valence-corrected chi connectivity index (χ4v) is 6.29. The normalized spacial score (nSPS) is 19.1. The molecule has 0 unspecified atom stereocenters. The van der Waals surface area contributed by atoms with Crippen molar-refractivity contribution in [2.45, 2.75) is 37.0 Å². The lowest BCUT2D eigenvalue weighted by Gasteiger charge is -2.28. The molecule has 0 radical (unpaired) electrons. The number of hydrazine groups is 1. The molecular weight excluding hydrogens is 486 g/mol. The first-order chi connectivity index (χ1) is 18.0. The van der Waals surface area contributed by atoms with E-state index in [2.05, 4.69) is 16.2 Å². The highest BCUT2D eigenvalue weighted by atomic mass is 32.2. The van der Waals surface area contributed by atoms with Crippen molar-refractivity contribution in [2.24, 2.45) is 11.8 Å². The van der Waals surface area contributed by atoms with Crippen LogP contribution in [-0.2, 0) is 4.79 Å². The van der Waals surface area contributed by atoms with Crippen molar-refractivity contribution in [1.29, 1.82) is 0 Å². The molecule has 3 aromatic carbocycles. The molecule has 1 saturated carbocycles. The van der Waals surface area contributed by atoms with Gasteiger partial charge in [-0.05, 0) is 54.5 Å². The summed E-state index contributed by atoms with van der Waals surface area (Å²) in [6.07, 6.45) is 3.53. The Balaban J connectivity index is 1.09. The first-order valence-corrected chi connectivity index (χ1v) is 13.6. The van der Waals surface area contributed by atoms with Gasteiger partial charge in [0.05, 0.1) is 5.56 Å². The van der Waals surface area contributed by atoms with Crippen LogP contribution in [0.3, 0.4) is 0 Å². The maximum Gasteiger partial charge on any atom is 0.270 e. The van der Waals surface area contributed by atoms with E-state index in [-0.39, 0.29) is 35.3 Å². The van der Waals surface area contributed by atoms with E-state index < -0.39 is 0 Å². The van der Waals surface area contributed by atoms with Gasteiger partial charge in [-0.3, -0.25) is 30.0 Å². The summed E-state index contributed by atoms with van der Waals surface area (Å²) >= 11 is 1.56. The smallest absolute Gasteiger partial charge is 0.270 e. The Morgan fingerprint density at radius 2 is 1.54 bits per heavy atom. The number of Topliss-reactive ketones (excluding diaryl/α,β-unsaturated/α-hetero) is 1. The summed E-state index contributed by atoms with van der Waals surface area (Å²) in [5.74, 6) is 0.210. The molecule has 190 valence electrons. The summed E-state index contributed by atoms with van der Waals surface area (Å²) in [6.45, 7) is 0.535. The van der Waals surface area contributed by atoms with Crippen LogP contribution in [0.2, 0.25) is 0 Å². The summed E-state index contributed by atoms with van der Waals surface area (Å²) < 4.78 is 0. The van der Waals surface area contributed by atoms with Crippen molar-refractivity contribution >= 4 is 46.0 Å².